The van der Waals surface area contributed by atoms with Gasteiger partial charge in [0.15, 0.2) is 0 Å². The average molecular weight is 266 g/mol. The van der Waals surface area contributed by atoms with E-state index < -0.39 is 23.1 Å². The Morgan fingerprint density at radius 3 is 2.74 bits per heavy atom. The van der Waals surface area contributed by atoms with Crippen molar-refractivity contribution in [2.75, 3.05) is 6.61 Å². The maximum absolute atomic E-state index is 12.9. The summed E-state index contributed by atoms with van der Waals surface area (Å²) >= 11 is 0. The van der Waals surface area contributed by atoms with Gasteiger partial charge in [0.1, 0.15) is 23.4 Å². The quantitative estimate of drug-likeness (QED) is 0.777. The Bertz CT molecular complexity index is 515. The number of benzene rings is 1. The highest BCUT2D eigenvalue weighted by atomic mass is 19.1. The third-order valence-electron chi connectivity index (χ3n) is 4.46. The second-order valence-corrected chi connectivity index (χ2v) is 5.44. The van der Waals surface area contributed by atoms with Gasteiger partial charge in [0.2, 0.25) is 0 Å². The third-order valence-corrected chi connectivity index (χ3v) is 4.46. The number of fused-ring (bicyclic) bond motifs is 1. The molecule has 5 heteroatoms. The Morgan fingerprint density at radius 2 is 2.05 bits per heavy atom. The minimum atomic E-state index is -1.53. The molecule has 1 heterocycles. The van der Waals surface area contributed by atoms with Gasteiger partial charge in [0.05, 0.1) is 6.10 Å². The lowest BCUT2D eigenvalue weighted by molar-refractivity contribution is -0.149. The molecule has 0 bridgehead atoms. The van der Waals surface area contributed by atoms with E-state index in [1.807, 2.05) is 0 Å². The Kier molecular flexibility index (Phi) is 2.66. The summed E-state index contributed by atoms with van der Waals surface area (Å²) in [5.74, 6) is -0.826. The molecule has 3 rings (SSSR count). The number of rotatable bonds is 2. The SMILES string of the molecule is O=C1OC[C@@]2(O)[C@H](O)CC[C@@]12Cc1ccc(F)cc1. The van der Waals surface area contributed by atoms with Crippen molar-refractivity contribution >= 4 is 5.97 Å². The van der Waals surface area contributed by atoms with E-state index in [0.717, 1.165) is 5.56 Å². The molecule has 0 amide bonds. The summed E-state index contributed by atoms with van der Waals surface area (Å²) < 4.78 is 17.9. The summed E-state index contributed by atoms with van der Waals surface area (Å²) in [5, 5.41) is 20.5. The molecule has 102 valence electrons. The van der Waals surface area contributed by atoms with Gasteiger partial charge < -0.3 is 14.9 Å². The number of hydrogen-bond acceptors (Lipinski definition) is 4. The molecule has 1 saturated carbocycles. The van der Waals surface area contributed by atoms with Crippen molar-refractivity contribution in [3.8, 4) is 0 Å². The van der Waals surface area contributed by atoms with Crippen molar-refractivity contribution in [3.63, 3.8) is 0 Å². The van der Waals surface area contributed by atoms with E-state index in [9.17, 15) is 19.4 Å². The Labute approximate surface area is 109 Å². The molecule has 1 aromatic carbocycles. The van der Waals surface area contributed by atoms with Gasteiger partial charge >= 0.3 is 5.97 Å². The van der Waals surface area contributed by atoms with E-state index in [2.05, 4.69) is 0 Å². The molecule has 2 fully saturated rings. The maximum Gasteiger partial charge on any atom is 0.315 e. The zero-order valence-corrected chi connectivity index (χ0v) is 10.3. The number of cyclic esters (lactones) is 1. The van der Waals surface area contributed by atoms with Crippen LogP contribution in [0.5, 0.6) is 0 Å². The van der Waals surface area contributed by atoms with Gasteiger partial charge in [-0.25, -0.2) is 4.39 Å². The summed E-state index contributed by atoms with van der Waals surface area (Å²) in [7, 11) is 0. The van der Waals surface area contributed by atoms with Crippen LogP contribution in [0.3, 0.4) is 0 Å². The molecule has 1 aliphatic carbocycles. The number of aliphatic hydroxyl groups excluding tert-OH is 1. The minimum absolute atomic E-state index is 0.172. The predicted molar refractivity (Wildman–Crippen MR) is 63.7 cm³/mol. The zero-order valence-electron chi connectivity index (χ0n) is 10.3. The number of carbonyl (C=O) groups excluding carboxylic acids is 1. The standard InChI is InChI=1S/C14H15FO4/c15-10-3-1-9(2-4-10)7-13-6-5-11(16)14(13,18)8-19-12(13)17/h1-4,11,16,18H,5-8H2/t11-,13-,14-/m1/s1. The van der Waals surface area contributed by atoms with Crippen molar-refractivity contribution in [1.29, 1.82) is 0 Å². The monoisotopic (exact) mass is 266 g/mol. The van der Waals surface area contributed by atoms with Crippen LogP contribution in [-0.4, -0.2) is 34.5 Å². The maximum atomic E-state index is 12.9. The van der Waals surface area contributed by atoms with Crippen LogP contribution in [0.2, 0.25) is 0 Å². The topological polar surface area (TPSA) is 66.8 Å². The van der Waals surface area contributed by atoms with E-state index >= 15 is 0 Å². The van der Waals surface area contributed by atoms with Crippen LogP contribution in [0, 0.1) is 11.2 Å². The molecule has 0 spiro atoms. The molecular formula is C14H15FO4. The van der Waals surface area contributed by atoms with Crippen molar-refractivity contribution in [3.05, 3.63) is 35.6 Å². The first-order chi connectivity index (χ1) is 8.98. The van der Waals surface area contributed by atoms with Crippen molar-refractivity contribution in [1.82, 2.24) is 0 Å². The summed E-state index contributed by atoms with van der Waals surface area (Å²) in [5.41, 5.74) is -1.89. The average Bonchev–Trinajstić information content (AvgIpc) is 2.78. The van der Waals surface area contributed by atoms with E-state index in [4.69, 9.17) is 4.74 Å². The Morgan fingerprint density at radius 1 is 1.37 bits per heavy atom. The normalized spacial score (nSPS) is 37.2. The zero-order chi connectivity index (χ0) is 13.7. The van der Waals surface area contributed by atoms with Crippen LogP contribution >= 0.6 is 0 Å². The van der Waals surface area contributed by atoms with E-state index in [-0.39, 0.29) is 18.8 Å². The highest BCUT2D eigenvalue weighted by Gasteiger charge is 2.68. The first kappa shape index (κ1) is 12.6. The molecule has 1 saturated heterocycles. The highest BCUT2D eigenvalue weighted by Crippen LogP contribution is 2.53. The Balaban J connectivity index is 1.97. The number of halogens is 1. The number of ether oxygens (including phenoxy) is 1. The number of aliphatic hydroxyl groups is 2. The predicted octanol–water partition coefficient (Wildman–Crippen LogP) is 0.797. The second-order valence-electron chi connectivity index (χ2n) is 5.44. The lowest BCUT2D eigenvalue weighted by atomic mass is 9.71. The molecule has 3 atom stereocenters. The van der Waals surface area contributed by atoms with Crippen molar-refractivity contribution in [2.24, 2.45) is 5.41 Å². The highest BCUT2D eigenvalue weighted by molar-refractivity contribution is 5.82. The van der Waals surface area contributed by atoms with Gasteiger partial charge in [0.25, 0.3) is 0 Å². The lowest BCUT2D eigenvalue weighted by Crippen LogP contribution is -2.52. The fraction of sp³-hybridized carbons (Fsp3) is 0.500. The lowest BCUT2D eigenvalue weighted by Gasteiger charge is -2.33. The number of esters is 1. The second kappa shape index (κ2) is 4.02. The fourth-order valence-corrected chi connectivity index (χ4v) is 3.25. The van der Waals surface area contributed by atoms with Crippen LogP contribution in [-0.2, 0) is 16.0 Å². The molecule has 0 aromatic heterocycles. The van der Waals surface area contributed by atoms with Gasteiger partial charge in [-0.3, -0.25) is 4.79 Å². The van der Waals surface area contributed by atoms with Crippen LogP contribution in [0.4, 0.5) is 4.39 Å². The summed E-state index contributed by atoms with van der Waals surface area (Å²) in [4.78, 5) is 12.0. The first-order valence-corrected chi connectivity index (χ1v) is 6.30. The Hall–Kier alpha value is -1.46. The van der Waals surface area contributed by atoms with Crippen LogP contribution in [0.15, 0.2) is 24.3 Å². The molecule has 1 aromatic rings. The van der Waals surface area contributed by atoms with Gasteiger partial charge in [0, 0.05) is 0 Å². The van der Waals surface area contributed by atoms with Crippen LogP contribution in [0.1, 0.15) is 18.4 Å². The largest absolute Gasteiger partial charge is 0.462 e. The smallest absolute Gasteiger partial charge is 0.315 e. The van der Waals surface area contributed by atoms with Gasteiger partial charge in [-0.2, -0.15) is 0 Å². The first-order valence-electron chi connectivity index (χ1n) is 6.30. The molecule has 19 heavy (non-hydrogen) atoms. The molecule has 0 unspecified atom stereocenters. The summed E-state index contributed by atoms with van der Waals surface area (Å²) in [6.07, 6.45) is 0.0345. The molecular weight excluding hydrogens is 251 g/mol. The van der Waals surface area contributed by atoms with E-state index in [0.29, 0.717) is 12.8 Å². The van der Waals surface area contributed by atoms with Crippen LogP contribution < -0.4 is 0 Å². The molecule has 2 aliphatic rings. The van der Waals surface area contributed by atoms with Crippen molar-refractivity contribution in [2.45, 2.75) is 31.0 Å². The summed E-state index contributed by atoms with van der Waals surface area (Å²) in [6, 6.07) is 5.80. The van der Waals surface area contributed by atoms with E-state index in [1.54, 1.807) is 12.1 Å². The molecule has 2 N–H and O–H groups in total. The molecule has 4 nitrogen and oxygen atoms in total. The molecule has 1 aliphatic heterocycles. The summed E-state index contributed by atoms with van der Waals surface area (Å²) in [6.45, 7) is -0.172. The number of hydrogen-bond donors (Lipinski definition) is 2. The minimum Gasteiger partial charge on any atom is -0.462 e. The third kappa shape index (κ3) is 1.61. The van der Waals surface area contributed by atoms with Crippen LogP contribution in [0.25, 0.3) is 0 Å². The van der Waals surface area contributed by atoms with Crippen molar-refractivity contribution < 1.29 is 24.1 Å². The van der Waals surface area contributed by atoms with E-state index in [1.165, 1.54) is 12.1 Å². The van der Waals surface area contributed by atoms with Gasteiger partial charge in [-0.15, -0.1) is 0 Å². The number of carbonyl (C=O) groups is 1. The van der Waals surface area contributed by atoms with Gasteiger partial charge in [-0.05, 0) is 37.0 Å². The molecule has 0 radical (unpaired) electrons. The fourth-order valence-electron chi connectivity index (χ4n) is 3.25. The van der Waals surface area contributed by atoms with Gasteiger partial charge in [-0.1, -0.05) is 12.1 Å².